The van der Waals surface area contributed by atoms with Crippen molar-refractivity contribution in [3.05, 3.63) is 40.7 Å². The van der Waals surface area contributed by atoms with Gasteiger partial charge in [0.25, 0.3) is 0 Å². The zero-order chi connectivity index (χ0) is 12.6. The molecule has 0 unspecified atom stereocenters. The van der Waals surface area contributed by atoms with Crippen molar-refractivity contribution in [2.24, 2.45) is 0 Å². The van der Waals surface area contributed by atoms with Gasteiger partial charge in [-0.05, 0) is 48.6 Å². The summed E-state index contributed by atoms with van der Waals surface area (Å²) < 4.78 is 13.9. The average molecular weight is 227 g/mol. The third kappa shape index (κ3) is 1.74. The van der Waals surface area contributed by atoms with Crippen LogP contribution in [0.15, 0.2) is 18.2 Å². The Labute approximate surface area is 101 Å². The number of hydrogen-bond acceptors (Lipinski definition) is 1. The summed E-state index contributed by atoms with van der Waals surface area (Å²) >= 11 is 0. The van der Waals surface area contributed by atoms with Crippen LogP contribution in [-0.4, -0.2) is 7.05 Å². The molecular formula is C15H14FN. The van der Waals surface area contributed by atoms with E-state index in [1.165, 1.54) is 0 Å². The summed E-state index contributed by atoms with van der Waals surface area (Å²) in [5, 5.41) is 4.89. The van der Waals surface area contributed by atoms with Crippen LogP contribution in [0.2, 0.25) is 0 Å². The fourth-order valence-electron chi connectivity index (χ4n) is 2.15. The number of benzene rings is 2. The number of aryl methyl sites for hydroxylation is 2. The highest BCUT2D eigenvalue weighted by Gasteiger charge is 2.11. The van der Waals surface area contributed by atoms with E-state index in [2.05, 4.69) is 11.2 Å². The van der Waals surface area contributed by atoms with Gasteiger partial charge in [0.15, 0.2) is 0 Å². The first-order valence-corrected chi connectivity index (χ1v) is 5.46. The molecule has 2 rings (SSSR count). The number of terminal acetylenes is 1. The molecule has 2 aromatic rings. The molecule has 1 N–H and O–H groups in total. The molecule has 0 heterocycles. The Morgan fingerprint density at radius 1 is 1.18 bits per heavy atom. The van der Waals surface area contributed by atoms with Gasteiger partial charge in [0, 0.05) is 18.1 Å². The van der Waals surface area contributed by atoms with E-state index in [1.807, 2.05) is 32.2 Å². The van der Waals surface area contributed by atoms with Gasteiger partial charge in [-0.25, -0.2) is 4.39 Å². The largest absolute Gasteiger partial charge is 0.388 e. The number of rotatable bonds is 1. The van der Waals surface area contributed by atoms with Crippen molar-refractivity contribution in [2.45, 2.75) is 13.8 Å². The maximum absolute atomic E-state index is 13.9. The van der Waals surface area contributed by atoms with Gasteiger partial charge in [-0.3, -0.25) is 0 Å². The Morgan fingerprint density at radius 3 is 2.47 bits per heavy atom. The second-order valence-electron chi connectivity index (χ2n) is 4.17. The molecule has 0 amide bonds. The molecule has 0 bridgehead atoms. The highest BCUT2D eigenvalue weighted by atomic mass is 19.1. The monoisotopic (exact) mass is 227 g/mol. The fraction of sp³-hybridized carbons (Fsp3) is 0.200. The molecular weight excluding hydrogens is 213 g/mol. The van der Waals surface area contributed by atoms with Crippen LogP contribution < -0.4 is 5.32 Å². The van der Waals surface area contributed by atoms with Crippen molar-refractivity contribution in [2.75, 3.05) is 12.4 Å². The molecule has 0 radical (unpaired) electrons. The molecule has 0 aromatic heterocycles. The SMILES string of the molecule is C#Cc1c(F)c(C)cc2cc(NC)cc(C)c12. The highest BCUT2D eigenvalue weighted by molar-refractivity contribution is 5.94. The van der Waals surface area contributed by atoms with Crippen molar-refractivity contribution in [3.63, 3.8) is 0 Å². The second kappa shape index (κ2) is 4.10. The van der Waals surface area contributed by atoms with Crippen molar-refractivity contribution in [3.8, 4) is 12.3 Å². The molecule has 2 heteroatoms. The lowest BCUT2D eigenvalue weighted by molar-refractivity contribution is 0.617. The number of fused-ring (bicyclic) bond motifs is 1. The minimum atomic E-state index is -0.291. The Kier molecular flexibility index (Phi) is 2.77. The molecule has 0 atom stereocenters. The molecule has 0 aliphatic heterocycles. The molecule has 2 aromatic carbocycles. The van der Waals surface area contributed by atoms with Gasteiger partial charge < -0.3 is 5.32 Å². The van der Waals surface area contributed by atoms with E-state index in [-0.39, 0.29) is 5.82 Å². The summed E-state index contributed by atoms with van der Waals surface area (Å²) in [5.41, 5.74) is 2.93. The van der Waals surface area contributed by atoms with Crippen molar-refractivity contribution in [1.82, 2.24) is 0 Å². The number of halogens is 1. The van der Waals surface area contributed by atoms with Crippen LogP contribution in [0.25, 0.3) is 10.8 Å². The summed E-state index contributed by atoms with van der Waals surface area (Å²) in [6.07, 6.45) is 5.42. The zero-order valence-corrected chi connectivity index (χ0v) is 10.2. The molecule has 86 valence electrons. The molecule has 0 aliphatic carbocycles. The lowest BCUT2D eigenvalue weighted by Crippen LogP contribution is -1.95. The van der Waals surface area contributed by atoms with E-state index in [1.54, 1.807) is 6.92 Å². The van der Waals surface area contributed by atoms with Crippen LogP contribution in [0.4, 0.5) is 10.1 Å². The Balaban J connectivity index is 2.96. The molecule has 0 saturated carbocycles. The normalized spacial score (nSPS) is 10.3. The van der Waals surface area contributed by atoms with Crippen LogP contribution in [0, 0.1) is 32.0 Å². The number of nitrogens with one attached hydrogen (secondary N) is 1. The average Bonchev–Trinajstić information content (AvgIpc) is 2.31. The first-order valence-electron chi connectivity index (χ1n) is 5.46. The number of hydrogen-bond donors (Lipinski definition) is 1. The van der Waals surface area contributed by atoms with Crippen LogP contribution >= 0.6 is 0 Å². The predicted molar refractivity (Wildman–Crippen MR) is 70.9 cm³/mol. The summed E-state index contributed by atoms with van der Waals surface area (Å²) in [7, 11) is 1.86. The molecule has 0 saturated heterocycles. The van der Waals surface area contributed by atoms with E-state index in [0.29, 0.717) is 11.1 Å². The van der Waals surface area contributed by atoms with Gasteiger partial charge in [-0.15, -0.1) is 6.42 Å². The van der Waals surface area contributed by atoms with E-state index >= 15 is 0 Å². The van der Waals surface area contributed by atoms with Crippen LogP contribution in [0.1, 0.15) is 16.7 Å². The maximum Gasteiger partial charge on any atom is 0.142 e. The van der Waals surface area contributed by atoms with E-state index in [9.17, 15) is 4.39 Å². The van der Waals surface area contributed by atoms with Crippen LogP contribution in [-0.2, 0) is 0 Å². The fourth-order valence-corrected chi connectivity index (χ4v) is 2.15. The first-order chi connectivity index (χ1) is 8.08. The lowest BCUT2D eigenvalue weighted by Gasteiger charge is -2.11. The van der Waals surface area contributed by atoms with Gasteiger partial charge in [0.1, 0.15) is 5.82 Å². The van der Waals surface area contributed by atoms with Crippen molar-refractivity contribution in [1.29, 1.82) is 0 Å². The topological polar surface area (TPSA) is 12.0 Å². The summed E-state index contributed by atoms with van der Waals surface area (Å²) in [6.45, 7) is 3.68. The summed E-state index contributed by atoms with van der Waals surface area (Å²) in [4.78, 5) is 0. The van der Waals surface area contributed by atoms with E-state index in [4.69, 9.17) is 6.42 Å². The van der Waals surface area contributed by atoms with Crippen LogP contribution in [0.3, 0.4) is 0 Å². The van der Waals surface area contributed by atoms with Gasteiger partial charge in [0.05, 0.1) is 5.56 Å². The Morgan fingerprint density at radius 2 is 1.88 bits per heavy atom. The minimum absolute atomic E-state index is 0.291. The highest BCUT2D eigenvalue weighted by Crippen LogP contribution is 2.29. The van der Waals surface area contributed by atoms with Gasteiger partial charge in [-0.2, -0.15) is 0 Å². The van der Waals surface area contributed by atoms with Gasteiger partial charge >= 0.3 is 0 Å². The van der Waals surface area contributed by atoms with Crippen molar-refractivity contribution < 1.29 is 4.39 Å². The van der Waals surface area contributed by atoms with Gasteiger partial charge in [0.2, 0.25) is 0 Å². The minimum Gasteiger partial charge on any atom is -0.388 e. The predicted octanol–water partition coefficient (Wildman–Crippen LogP) is 3.62. The third-order valence-corrected chi connectivity index (χ3v) is 2.99. The lowest BCUT2D eigenvalue weighted by atomic mass is 9.96. The molecule has 0 spiro atoms. The zero-order valence-electron chi connectivity index (χ0n) is 10.2. The maximum atomic E-state index is 13.9. The number of anilines is 1. The van der Waals surface area contributed by atoms with E-state index in [0.717, 1.165) is 22.0 Å². The van der Waals surface area contributed by atoms with Gasteiger partial charge in [-0.1, -0.05) is 5.92 Å². The molecule has 0 fully saturated rings. The summed E-state index contributed by atoms with van der Waals surface area (Å²) in [5.74, 6) is 2.17. The third-order valence-electron chi connectivity index (χ3n) is 2.99. The summed E-state index contributed by atoms with van der Waals surface area (Å²) in [6, 6.07) is 5.78. The standard InChI is InChI=1S/C15H14FN/c1-5-13-14-9(2)7-12(17-4)8-11(14)6-10(3)15(13)16/h1,6-8,17H,2-4H3. The Hall–Kier alpha value is -2.01. The van der Waals surface area contributed by atoms with Crippen LogP contribution in [0.5, 0.6) is 0 Å². The molecule has 17 heavy (non-hydrogen) atoms. The molecule has 1 nitrogen and oxygen atoms in total. The van der Waals surface area contributed by atoms with Crippen molar-refractivity contribution >= 4 is 16.5 Å². The smallest absolute Gasteiger partial charge is 0.142 e. The van der Waals surface area contributed by atoms with E-state index < -0.39 is 0 Å². The first kappa shape index (κ1) is 11.5. The molecule has 0 aliphatic rings. The quantitative estimate of drug-likeness (QED) is 0.734. The second-order valence-corrected chi connectivity index (χ2v) is 4.17. The Bertz CT molecular complexity index is 636.